The third kappa shape index (κ3) is 5.65. The highest BCUT2D eigenvalue weighted by Crippen LogP contribution is 2.59. The molecule has 2 saturated heterocycles. The first-order valence-corrected chi connectivity index (χ1v) is 17.5. The Morgan fingerprint density at radius 2 is 1.85 bits per heavy atom. The van der Waals surface area contributed by atoms with Gasteiger partial charge in [0.25, 0.3) is 0 Å². The number of hydrogen-bond donors (Lipinski definition) is 3. The molecule has 240 valence electrons. The van der Waals surface area contributed by atoms with Crippen LogP contribution in [0.4, 0.5) is 5.82 Å². The number of carbonyl (C=O) groups is 3. The molecular formula is C31H32BrN7O6S. The number of piperidine rings is 1. The fourth-order valence-corrected chi connectivity index (χ4v) is 7.97. The van der Waals surface area contributed by atoms with Gasteiger partial charge in [-0.05, 0) is 70.4 Å². The summed E-state index contributed by atoms with van der Waals surface area (Å²) in [7, 11) is -2.53. The van der Waals surface area contributed by atoms with Crippen LogP contribution in [0.3, 0.4) is 0 Å². The summed E-state index contributed by atoms with van der Waals surface area (Å²) in [6, 6.07) is 8.57. The van der Waals surface area contributed by atoms with Crippen molar-refractivity contribution in [2.75, 3.05) is 16.8 Å². The summed E-state index contributed by atoms with van der Waals surface area (Å²) >= 11 is 3.35. The van der Waals surface area contributed by atoms with Gasteiger partial charge in [-0.3, -0.25) is 28.2 Å². The molecular weight excluding hydrogens is 678 g/mol. The number of ether oxygens (including phenoxy) is 1. The van der Waals surface area contributed by atoms with Crippen LogP contribution in [0.15, 0.2) is 47.3 Å². The maximum atomic E-state index is 13.9. The van der Waals surface area contributed by atoms with Crippen molar-refractivity contribution in [1.82, 2.24) is 29.6 Å². The smallest absolute Gasteiger partial charge is 0.316 e. The molecule has 0 spiro atoms. The number of amides is 2. The zero-order valence-corrected chi connectivity index (χ0v) is 27.7. The van der Waals surface area contributed by atoms with Crippen LogP contribution < -0.4 is 10.1 Å². The van der Waals surface area contributed by atoms with Gasteiger partial charge in [-0.2, -0.15) is 15.7 Å². The van der Waals surface area contributed by atoms with E-state index in [9.17, 15) is 23.5 Å². The predicted octanol–water partition coefficient (Wildman–Crippen LogP) is 4.69. The van der Waals surface area contributed by atoms with Crippen molar-refractivity contribution in [1.29, 1.82) is 0 Å². The average molecular weight is 711 g/mol. The van der Waals surface area contributed by atoms with Crippen LogP contribution in [-0.4, -0.2) is 86.0 Å². The molecule has 0 radical (unpaired) electrons. The summed E-state index contributed by atoms with van der Waals surface area (Å²) < 4.78 is 26.9. The lowest BCUT2D eigenvalue weighted by Crippen LogP contribution is -2.47. The monoisotopic (exact) mass is 709 g/mol. The molecule has 0 bridgehead atoms. The Hall–Kier alpha value is -3.92. The van der Waals surface area contributed by atoms with Crippen molar-refractivity contribution in [3.05, 3.63) is 58.6 Å². The molecule has 13 nitrogen and oxygen atoms in total. The summed E-state index contributed by atoms with van der Waals surface area (Å²) in [6.07, 6.45) is 4.25. The molecule has 15 heteroatoms. The molecule has 1 aromatic carbocycles. The van der Waals surface area contributed by atoms with E-state index < -0.39 is 16.6 Å². The number of halogens is 1. The van der Waals surface area contributed by atoms with Gasteiger partial charge in [0.05, 0.1) is 17.0 Å². The molecule has 5 heterocycles. The largest absolute Gasteiger partial charge is 0.457 e. The minimum atomic E-state index is -2.53. The minimum Gasteiger partial charge on any atom is -0.457 e. The Kier molecular flexibility index (Phi) is 7.42. The molecule has 7 rings (SSSR count). The number of anilines is 1. The summed E-state index contributed by atoms with van der Waals surface area (Å²) in [5, 5.41) is 8.04. The number of fused-ring (bicyclic) bond motifs is 2. The van der Waals surface area contributed by atoms with E-state index in [1.54, 1.807) is 29.4 Å². The number of hydrogen-bond acceptors (Lipinski definition) is 10. The molecule has 3 atom stereocenters. The maximum Gasteiger partial charge on any atom is 0.316 e. The van der Waals surface area contributed by atoms with Gasteiger partial charge in [-0.15, -0.1) is 0 Å². The highest BCUT2D eigenvalue weighted by Gasteiger charge is 2.64. The fraction of sp³-hybridized carbons (Fsp3) is 0.387. The molecule has 3 N–H and O–H groups in total. The molecule has 2 aliphatic heterocycles. The number of likely N-dealkylation sites (tertiary alicyclic amines) is 1. The predicted molar refractivity (Wildman–Crippen MR) is 175 cm³/mol. The van der Waals surface area contributed by atoms with E-state index in [-0.39, 0.29) is 64.9 Å². The number of benzene rings is 1. The van der Waals surface area contributed by atoms with Gasteiger partial charge in [0.2, 0.25) is 11.8 Å². The number of Topliss-reactive ketones (excluding diaryl/α,β-unsaturated/α-hetero) is 1. The van der Waals surface area contributed by atoms with Gasteiger partial charge >= 0.3 is 6.01 Å². The summed E-state index contributed by atoms with van der Waals surface area (Å²) in [6.45, 7) is 5.26. The van der Waals surface area contributed by atoms with Crippen molar-refractivity contribution in [3.63, 3.8) is 0 Å². The Labute approximate surface area is 274 Å². The first kappa shape index (κ1) is 30.7. The van der Waals surface area contributed by atoms with Crippen LogP contribution >= 0.6 is 26.5 Å². The molecule has 3 fully saturated rings. The molecule has 0 unspecified atom stereocenters. The van der Waals surface area contributed by atoms with Crippen LogP contribution in [0.1, 0.15) is 42.7 Å². The lowest BCUT2D eigenvalue weighted by Gasteiger charge is -2.45. The zero-order valence-electron chi connectivity index (χ0n) is 25.3. The standard InChI is InChI=1S/C31H32BrN7O6S/c1-16-4-7-25(32)35-28(16)36-29(42)23-9-31(3)10-24(31)39(23)26(41)13-38-22-6-5-18(8-21(22)27(37-38)17(2)40)19-11-33-30(34-12-19)45-20-14-46(43,44)15-20/h4-8,11-12,20,23-24,43-44H,9-10,13-15H2,1-3H3,(H,35,36,42)/t23-,24+,31-/m0/s1. The quantitative estimate of drug-likeness (QED) is 0.172. The highest BCUT2D eigenvalue weighted by molar-refractivity contribution is 9.10. The Morgan fingerprint density at radius 3 is 2.54 bits per heavy atom. The fourth-order valence-electron chi connectivity index (χ4n) is 6.43. The van der Waals surface area contributed by atoms with Crippen LogP contribution in [0, 0.1) is 12.3 Å². The average Bonchev–Trinajstić information content (AvgIpc) is 3.35. The lowest BCUT2D eigenvalue weighted by molar-refractivity contribution is -0.138. The number of nitrogens with zero attached hydrogens (tertiary/aromatic N) is 6. The van der Waals surface area contributed by atoms with Crippen molar-refractivity contribution in [2.45, 2.75) is 58.3 Å². The molecule has 46 heavy (non-hydrogen) atoms. The first-order valence-electron chi connectivity index (χ1n) is 14.8. The second kappa shape index (κ2) is 11.1. The number of aromatic nitrogens is 5. The Bertz CT molecular complexity index is 1910. The van der Waals surface area contributed by atoms with Crippen LogP contribution in [0.2, 0.25) is 0 Å². The van der Waals surface area contributed by atoms with Gasteiger partial charge < -0.3 is 15.0 Å². The number of pyridine rings is 1. The first-order chi connectivity index (χ1) is 21.8. The number of aryl methyl sites for hydroxylation is 1. The third-order valence-electron chi connectivity index (χ3n) is 9.04. The van der Waals surface area contributed by atoms with Crippen molar-refractivity contribution < 1.29 is 28.2 Å². The summed E-state index contributed by atoms with van der Waals surface area (Å²) in [5.41, 5.74) is 2.96. The minimum absolute atomic E-state index is 0.0414. The van der Waals surface area contributed by atoms with E-state index >= 15 is 0 Å². The van der Waals surface area contributed by atoms with Gasteiger partial charge in [0.1, 0.15) is 34.8 Å². The van der Waals surface area contributed by atoms with Gasteiger partial charge in [0, 0.05) is 36.3 Å². The van der Waals surface area contributed by atoms with Crippen molar-refractivity contribution >= 4 is 60.8 Å². The Balaban J connectivity index is 1.11. The number of rotatable bonds is 8. The SMILES string of the molecule is CC(=O)c1nn(CC(=O)N2[C@H](C(=O)Nc3nc(Br)ccc3C)C[C@@]3(C)C[C@@H]23)c2ccc(-c3cnc(OC4CS(O)(O)C4)nc3)cc12. The number of carbonyl (C=O) groups excluding carboxylic acids is 3. The second-order valence-electron chi connectivity index (χ2n) is 12.6. The van der Waals surface area contributed by atoms with E-state index in [0.29, 0.717) is 33.3 Å². The van der Waals surface area contributed by atoms with Gasteiger partial charge in [-0.25, -0.2) is 15.0 Å². The van der Waals surface area contributed by atoms with Gasteiger partial charge in [-0.1, -0.05) is 19.1 Å². The molecule has 1 saturated carbocycles. The summed E-state index contributed by atoms with van der Waals surface area (Å²) in [4.78, 5) is 54.6. The molecule has 4 aromatic rings. The van der Waals surface area contributed by atoms with Crippen molar-refractivity contribution in [3.8, 4) is 17.1 Å². The lowest BCUT2D eigenvalue weighted by atomic mass is 10.0. The van der Waals surface area contributed by atoms with Crippen LogP contribution in [0.5, 0.6) is 6.01 Å². The van der Waals surface area contributed by atoms with Crippen LogP contribution in [0.25, 0.3) is 22.0 Å². The van der Waals surface area contributed by atoms with E-state index in [4.69, 9.17) is 4.74 Å². The number of nitrogens with one attached hydrogen (secondary N) is 1. The third-order valence-corrected chi connectivity index (χ3v) is 11.3. The van der Waals surface area contributed by atoms with Crippen molar-refractivity contribution in [2.24, 2.45) is 5.41 Å². The van der Waals surface area contributed by atoms with E-state index in [2.05, 4.69) is 48.2 Å². The van der Waals surface area contributed by atoms with E-state index in [0.717, 1.165) is 17.5 Å². The topological polar surface area (TPSA) is 173 Å². The van der Waals surface area contributed by atoms with Crippen LogP contribution in [-0.2, 0) is 16.1 Å². The molecule has 1 aliphatic carbocycles. The second-order valence-corrected chi connectivity index (χ2v) is 15.7. The maximum absolute atomic E-state index is 13.9. The molecule has 3 aliphatic rings. The Morgan fingerprint density at radius 1 is 1.11 bits per heavy atom. The summed E-state index contributed by atoms with van der Waals surface area (Å²) in [5.74, 6) is 0.0179. The zero-order chi connectivity index (χ0) is 32.5. The molecule has 3 aromatic heterocycles. The van der Waals surface area contributed by atoms with Gasteiger partial charge in [0.15, 0.2) is 5.78 Å². The molecule has 2 amide bonds. The highest BCUT2D eigenvalue weighted by atomic mass is 79.9. The normalized spacial score (nSPS) is 23.8. The van der Waals surface area contributed by atoms with E-state index in [1.807, 2.05) is 25.1 Å². The van der Waals surface area contributed by atoms with E-state index in [1.165, 1.54) is 11.6 Å². The number of ketones is 1.